The van der Waals surface area contributed by atoms with Gasteiger partial charge in [0.2, 0.25) is 11.7 Å². The van der Waals surface area contributed by atoms with Crippen LogP contribution in [0.1, 0.15) is 40.4 Å². The van der Waals surface area contributed by atoms with Crippen LogP contribution in [0.4, 0.5) is 5.95 Å². The first-order chi connectivity index (χ1) is 23.9. The summed E-state index contributed by atoms with van der Waals surface area (Å²) in [5, 5.41) is 0.690. The summed E-state index contributed by atoms with van der Waals surface area (Å²) >= 11 is 6.27. The number of nitrogens with zero attached hydrogens (tertiary/aromatic N) is 5. The van der Waals surface area contributed by atoms with Crippen LogP contribution in [0.15, 0.2) is 83.5 Å². The molecule has 0 saturated carbocycles. The van der Waals surface area contributed by atoms with Crippen LogP contribution in [0.2, 0.25) is 5.02 Å². The third-order valence-corrected chi connectivity index (χ3v) is 9.54. The molecule has 5 aromatic rings. The van der Waals surface area contributed by atoms with Gasteiger partial charge in [-0.3, -0.25) is 4.79 Å². The SMILES string of the molecule is COc1cc(C(=O)N(C)CC(CCN2CCCN(c3nc4ccccc4n3Cc3ccco3)CC2)c2ccc(Cl)cc2)cc(OC)c1OC. The Balaban J connectivity index is 1.15. The molecule has 1 unspecified atom stereocenters. The van der Waals surface area contributed by atoms with Crippen molar-refractivity contribution < 1.29 is 23.4 Å². The number of carbonyl (C=O) groups is 1. The number of fused-ring (bicyclic) bond motifs is 1. The number of anilines is 1. The van der Waals surface area contributed by atoms with Gasteiger partial charge in [-0.05, 0) is 80.0 Å². The first-order valence-corrected chi connectivity index (χ1v) is 17.0. The third-order valence-electron chi connectivity index (χ3n) is 9.29. The Morgan fingerprint density at radius 2 is 1.69 bits per heavy atom. The molecular formula is C38H44ClN5O5. The first-order valence-electron chi connectivity index (χ1n) is 16.6. The normalized spacial score (nSPS) is 14.4. The number of carbonyl (C=O) groups excluding carboxylic acids is 1. The zero-order valence-electron chi connectivity index (χ0n) is 28.6. The predicted molar refractivity (Wildman–Crippen MR) is 193 cm³/mol. The van der Waals surface area contributed by atoms with E-state index in [0.29, 0.717) is 40.9 Å². The summed E-state index contributed by atoms with van der Waals surface area (Å²) in [6, 6.07) is 23.6. The molecule has 1 saturated heterocycles. The second-order valence-corrected chi connectivity index (χ2v) is 12.8. The van der Waals surface area contributed by atoms with Gasteiger partial charge in [0.15, 0.2) is 11.5 Å². The van der Waals surface area contributed by atoms with Crippen molar-refractivity contribution in [1.29, 1.82) is 0 Å². The number of imidazole rings is 1. The molecule has 1 amide bonds. The van der Waals surface area contributed by atoms with Gasteiger partial charge in [-0.15, -0.1) is 0 Å². The molecule has 6 rings (SSSR count). The van der Waals surface area contributed by atoms with Crippen LogP contribution in [0, 0.1) is 0 Å². The fourth-order valence-electron chi connectivity index (χ4n) is 6.69. The van der Waals surface area contributed by atoms with Gasteiger partial charge in [0.25, 0.3) is 5.91 Å². The van der Waals surface area contributed by atoms with Crippen molar-refractivity contribution in [2.75, 3.05) is 72.5 Å². The molecule has 1 aliphatic rings. The van der Waals surface area contributed by atoms with Gasteiger partial charge in [-0.2, -0.15) is 0 Å². The summed E-state index contributed by atoms with van der Waals surface area (Å²) < 4.78 is 24.4. The van der Waals surface area contributed by atoms with E-state index in [4.69, 9.17) is 35.2 Å². The van der Waals surface area contributed by atoms with E-state index >= 15 is 0 Å². The lowest BCUT2D eigenvalue weighted by Crippen LogP contribution is -2.35. The summed E-state index contributed by atoms with van der Waals surface area (Å²) in [6.45, 7) is 5.76. The van der Waals surface area contributed by atoms with Crippen molar-refractivity contribution in [3.8, 4) is 17.2 Å². The molecule has 0 bridgehead atoms. The lowest BCUT2D eigenvalue weighted by atomic mass is 9.94. The van der Waals surface area contributed by atoms with Crippen molar-refractivity contribution in [1.82, 2.24) is 19.4 Å². The highest BCUT2D eigenvalue weighted by Gasteiger charge is 2.25. The van der Waals surface area contributed by atoms with Crippen LogP contribution in [0.3, 0.4) is 0 Å². The third kappa shape index (κ3) is 7.81. The summed E-state index contributed by atoms with van der Waals surface area (Å²) in [4.78, 5) is 25.5. The number of benzene rings is 3. The molecule has 1 aliphatic heterocycles. The Bertz CT molecular complexity index is 1820. The minimum Gasteiger partial charge on any atom is -0.493 e. The number of ether oxygens (including phenoxy) is 3. The van der Waals surface area contributed by atoms with Crippen LogP contribution >= 0.6 is 11.6 Å². The zero-order chi connectivity index (χ0) is 34.3. The maximum absolute atomic E-state index is 13.7. The fraction of sp³-hybridized carbons (Fsp3) is 0.368. The van der Waals surface area contributed by atoms with E-state index in [-0.39, 0.29) is 11.8 Å². The molecule has 258 valence electrons. The minimum atomic E-state index is -0.124. The lowest BCUT2D eigenvalue weighted by molar-refractivity contribution is 0.0782. The molecule has 2 aromatic heterocycles. The van der Waals surface area contributed by atoms with Gasteiger partial charge >= 0.3 is 0 Å². The zero-order valence-corrected chi connectivity index (χ0v) is 29.4. The molecule has 0 N–H and O–H groups in total. The molecule has 3 heterocycles. The summed E-state index contributed by atoms with van der Waals surface area (Å²) in [6.07, 6.45) is 3.62. The molecule has 49 heavy (non-hydrogen) atoms. The highest BCUT2D eigenvalue weighted by Crippen LogP contribution is 2.38. The van der Waals surface area contributed by atoms with Crippen molar-refractivity contribution >= 4 is 34.5 Å². The Hall–Kier alpha value is -4.67. The second-order valence-electron chi connectivity index (χ2n) is 12.4. The van der Waals surface area contributed by atoms with Gasteiger partial charge in [0, 0.05) is 49.7 Å². The van der Waals surface area contributed by atoms with E-state index in [9.17, 15) is 4.79 Å². The minimum absolute atomic E-state index is 0.102. The Labute approximate surface area is 292 Å². The topological polar surface area (TPSA) is 85.4 Å². The predicted octanol–water partition coefficient (Wildman–Crippen LogP) is 6.82. The highest BCUT2D eigenvalue weighted by atomic mass is 35.5. The monoisotopic (exact) mass is 685 g/mol. The van der Waals surface area contributed by atoms with Crippen LogP contribution in [0.25, 0.3) is 11.0 Å². The maximum atomic E-state index is 13.7. The Morgan fingerprint density at radius 3 is 2.39 bits per heavy atom. The van der Waals surface area contributed by atoms with E-state index in [1.54, 1.807) is 44.6 Å². The largest absolute Gasteiger partial charge is 0.493 e. The number of halogens is 1. The average molecular weight is 686 g/mol. The van der Waals surface area contributed by atoms with Gasteiger partial charge in [0.1, 0.15) is 5.76 Å². The molecule has 0 aliphatic carbocycles. The molecule has 11 heteroatoms. The number of aromatic nitrogens is 2. The molecule has 3 aromatic carbocycles. The van der Waals surface area contributed by atoms with E-state index in [0.717, 1.165) is 73.9 Å². The molecule has 10 nitrogen and oxygen atoms in total. The Kier molecular flexibility index (Phi) is 11.0. The van der Waals surface area contributed by atoms with Gasteiger partial charge in [0.05, 0.1) is 45.2 Å². The van der Waals surface area contributed by atoms with Crippen LogP contribution in [0.5, 0.6) is 17.2 Å². The van der Waals surface area contributed by atoms with Crippen molar-refractivity contribution in [2.45, 2.75) is 25.3 Å². The van der Waals surface area contributed by atoms with E-state index in [2.05, 4.69) is 44.7 Å². The smallest absolute Gasteiger partial charge is 0.253 e. The quantitative estimate of drug-likeness (QED) is 0.134. The van der Waals surface area contributed by atoms with Crippen LogP contribution in [-0.4, -0.2) is 92.9 Å². The number of amides is 1. The van der Waals surface area contributed by atoms with Gasteiger partial charge in [-0.1, -0.05) is 35.9 Å². The van der Waals surface area contributed by atoms with E-state index in [1.165, 1.54) is 0 Å². The number of likely N-dealkylation sites (N-methyl/N-ethyl adjacent to an activating group) is 1. The van der Waals surface area contributed by atoms with Gasteiger partial charge < -0.3 is 37.9 Å². The van der Waals surface area contributed by atoms with Crippen LogP contribution < -0.4 is 19.1 Å². The maximum Gasteiger partial charge on any atom is 0.253 e. The first kappa shape index (κ1) is 34.2. The van der Waals surface area contributed by atoms with E-state index in [1.807, 2.05) is 37.4 Å². The highest BCUT2D eigenvalue weighted by molar-refractivity contribution is 6.30. The van der Waals surface area contributed by atoms with Crippen molar-refractivity contribution in [3.05, 3.63) is 101 Å². The Morgan fingerprint density at radius 1 is 0.939 bits per heavy atom. The molecule has 1 atom stereocenters. The molecule has 0 spiro atoms. The summed E-state index contributed by atoms with van der Waals surface area (Å²) in [7, 11) is 6.48. The standard InChI is InChI=1S/C38H44ClN5O5/c1-41(37(45)29-23-34(46-2)36(48-4)35(24-29)47-3)25-28(27-12-14-30(39)15-13-27)16-19-42-17-8-18-43(21-20-42)38-40-32-10-5-6-11-33(32)44(38)26-31-9-7-22-49-31/h5-7,9-15,22-24,28H,8,16-21,25-26H2,1-4H3. The van der Waals surface area contributed by atoms with Crippen molar-refractivity contribution in [3.63, 3.8) is 0 Å². The molecular weight excluding hydrogens is 642 g/mol. The number of para-hydroxylation sites is 2. The van der Waals surface area contributed by atoms with E-state index < -0.39 is 0 Å². The van der Waals surface area contributed by atoms with Crippen LogP contribution in [-0.2, 0) is 6.54 Å². The number of hydrogen-bond acceptors (Lipinski definition) is 8. The number of furan rings is 1. The van der Waals surface area contributed by atoms with Crippen molar-refractivity contribution in [2.24, 2.45) is 0 Å². The second kappa shape index (κ2) is 15.7. The molecule has 1 fully saturated rings. The number of methoxy groups -OCH3 is 3. The molecule has 0 radical (unpaired) electrons. The number of hydrogen-bond donors (Lipinski definition) is 0. The van der Waals surface area contributed by atoms with Gasteiger partial charge in [-0.25, -0.2) is 4.98 Å². The number of rotatable bonds is 13. The average Bonchev–Trinajstić information content (AvgIpc) is 3.71. The summed E-state index contributed by atoms with van der Waals surface area (Å²) in [5.41, 5.74) is 3.71. The summed E-state index contributed by atoms with van der Waals surface area (Å²) in [5.74, 6) is 3.20. The fourth-order valence-corrected chi connectivity index (χ4v) is 6.81. The lowest BCUT2D eigenvalue weighted by Gasteiger charge is -2.28.